The van der Waals surface area contributed by atoms with Gasteiger partial charge in [-0.2, -0.15) is 5.10 Å². The van der Waals surface area contributed by atoms with Gasteiger partial charge in [0.1, 0.15) is 11.6 Å². The highest BCUT2D eigenvalue weighted by molar-refractivity contribution is 6.35. The monoisotopic (exact) mass is 414 g/mol. The van der Waals surface area contributed by atoms with Crippen LogP contribution in [0.25, 0.3) is 0 Å². The fourth-order valence-electron chi connectivity index (χ4n) is 2.14. The molecule has 0 unspecified atom stereocenters. The van der Waals surface area contributed by atoms with E-state index >= 15 is 0 Å². The van der Waals surface area contributed by atoms with Crippen molar-refractivity contribution in [2.24, 2.45) is 5.10 Å². The summed E-state index contributed by atoms with van der Waals surface area (Å²) >= 11 is 0. The van der Waals surface area contributed by atoms with Crippen molar-refractivity contribution in [3.8, 4) is 5.75 Å². The number of ether oxygens (including phenoxy) is 1. The molecule has 0 saturated heterocycles. The molecule has 0 spiro atoms. The smallest absolute Gasteiger partial charge is 0.329 e. The van der Waals surface area contributed by atoms with Crippen LogP contribution in [0.15, 0.2) is 53.6 Å². The summed E-state index contributed by atoms with van der Waals surface area (Å²) in [5, 5.41) is 8.86. The lowest BCUT2D eigenvalue weighted by Gasteiger charge is -2.09. The SMILES string of the molecule is CC[C@@H](C)NC(=O)C(=O)N/N=C\c1ccc(OCC(=O)Nc2ccc(F)cc2)cc1. The van der Waals surface area contributed by atoms with Gasteiger partial charge in [0.15, 0.2) is 6.61 Å². The minimum absolute atomic E-state index is 0.0995. The first-order valence-corrected chi connectivity index (χ1v) is 9.29. The number of hydrogen-bond donors (Lipinski definition) is 3. The number of nitrogens with zero attached hydrogens (tertiary/aromatic N) is 1. The Balaban J connectivity index is 1.76. The largest absolute Gasteiger partial charge is 0.484 e. The Hall–Kier alpha value is -3.75. The van der Waals surface area contributed by atoms with Gasteiger partial charge in [0, 0.05) is 11.7 Å². The van der Waals surface area contributed by atoms with Crippen molar-refractivity contribution in [3.63, 3.8) is 0 Å². The number of halogens is 1. The first-order valence-electron chi connectivity index (χ1n) is 9.29. The van der Waals surface area contributed by atoms with Crippen molar-refractivity contribution < 1.29 is 23.5 Å². The molecule has 0 aromatic heterocycles. The molecule has 3 amide bonds. The maximum Gasteiger partial charge on any atom is 0.329 e. The molecular weight excluding hydrogens is 391 g/mol. The number of amides is 3. The number of carbonyl (C=O) groups excluding carboxylic acids is 3. The molecule has 0 aliphatic rings. The molecular formula is C21H23FN4O4. The van der Waals surface area contributed by atoms with Crippen molar-refractivity contribution in [2.75, 3.05) is 11.9 Å². The second-order valence-corrected chi connectivity index (χ2v) is 6.39. The van der Waals surface area contributed by atoms with Crippen molar-refractivity contribution in [2.45, 2.75) is 26.3 Å². The van der Waals surface area contributed by atoms with Gasteiger partial charge >= 0.3 is 11.8 Å². The number of benzene rings is 2. The van der Waals surface area contributed by atoms with Gasteiger partial charge in [-0.15, -0.1) is 0 Å². The van der Waals surface area contributed by atoms with E-state index < -0.39 is 11.8 Å². The van der Waals surface area contributed by atoms with Gasteiger partial charge in [0.05, 0.1) is 6.21 Å². The topological polar surface area (TPSA) is 109 Å². The molecule has 2 aromatic carbocycles. The first kappa shape index (κ1) is 22.5. The van der Waals surface area contributed by atoms with Crippen LogP contribution in [0.4, 0.5) is 10.1 Å². The van der Waals surface area contributed by atoms with Crippen LogP contribution < -0.4 is 20.8 Å². The van der Waals surface area contributed by atoms with Crippen LogP contribution in [0.2, 0.25) is 0 Å². The minimum Gasteiger partial charge on any atom is -0.484 e. The summed E-state index contributed by atoms with van der Waals surface area (Å²) in [5.41, 5.74) is 3.27. The highest BCUT2D eigenvalue weighted by Crippen LogP contribution is 2.12. The summed E-state index contributed by atoms with van der Waals surface area (Å²) in [4.78, 5) is 35.1. The molecule has 2 rings (SSSR count). The second-order valence-electron chi connectivity index (χ2n) is 6.39. The molecule has 0 radical (unpaired) electrons. The zero-order valence-electron chi connectivity index (χ0n) is 16.6. The van der Waals surface area contributed by atoms with Crippen LogP contribution in [-0.2, 0) is 14.4 Å². The van der Waals surface area contributed by atoms with Crippen molar-refractivity contribution in [3.05, 3.63) is 59.9 Å². The molecule has 0 fully saturated rings. The van der Waals surface area contributed by atoms with Crippen molar-refractivity contribution >= 4 is 29.6 Å². The van der Waals surface area contributed by atoms with Crippen LogP contribution >= 0.6 is 0 Å². The van der Waals surface area contributed by atoms with Gasteiger partial charge in [-0.1, -0.05) is 6.92 Å². The summed E-state index contributed by atoms with van der Waals surface area (Å²) in [6, 6.07) is 11.9. The Morgan fingerprint density at radius 3 is 2.37 bits per heavy atom. The van der Waals surface area contributed by atoms with Crippen LogP contribution in [0, 0.1) is 5.82 Å². The van der Waals surface area contributed by atoms with E-state index in [2.05, 4.69) is 21.2 Å². The number of rotatable bonds is 8. The molecule has 0 bridgehead atoms. The van der Waals surface area contributed by atoms with Gasteiger partial charge in [-0.25, -0.2) is 9.82 Å². The van der Waals surface area contributed by atoms with Gasteiger partial charge in [-0.05, 0) is 67.4 Å². The minimum atomic E-state index is -0.848. The Bertz CT molecular complexity index is 898. The standard InChI is InChI=1S/C21H23FN4O4/c1-3-14(2)24-20(28)21(29)26-23-12-15-4-10-18(11-5-15)30-13-19(27)25-17-8-6-16(22)7-9-17/h4-12,14H,3,13H2,1-2H3,(H,24,28)(H,25,27)(H,26,29)/b23-12-/t14-/m1/s1. The lowest BCUT2D eigenvalue weighted by molar-refractivity contribution is -0.139. The van der Waals surface area contributed by atoms with E-state index in [4.69, 9.17) is 4.74 Å². The average Bonchev–Trinajstić information content (AvgIpc) is 2.74. The van der Waals surface area contributed by atoms with Crippen LogP contribution in [0.1, 0.15) is 25.8 Å². The Kier molecular flexibility index (Phi) is 8.49. The molecule has 3 N–H and O–H groups in total. The first-order chi connectivity index (χ1) is 14.4. The van der Waals surface area contributed by atoms with Gasteiger partial charge < -0.3 is 15.4 Å². The second kappa shape index (κ2) is 11.3. The summed E-state index contributed by atoms with van der Waals surface area (Å²) in [6.45, 7) is 3.48. The lowest BCUT2D eigenvalue weighted by atomic mass is 10.2. The van der Waals surface area contributed by atoms with E-state index in [1.165, 1.54) is 30.5 Å². The highest BCUT2D eigenvalue weighted by Gasteiger charge is 2.14. The van der Waals surface area contributed by atoms with E-state index in [0.29, 0.717) is 23.4 Å². The summed E-state index contributed by atoms with van der Waals surface area (Å²) < 4.78 is 18.2. The fourth-order valence-corrected chi connectivity index (χ4v) is 2.14. The van der Waals surface area contributed by atoms with Crippen LogP contribution in [0.3, 0.4) is 0 Å². The summed E-state index contributed by atoms with van der Waals surface area (Å²) in [6.07, 6.45) is 2.09. The van der Waals surface area contributed by atoms with E-state index in [1.807, 2.05) is 6.92 Å². The van der Waals surface area contributed by atoms with Gasteiger partial charge in [0.2, 0.25) is 0 Å². The highest BCUT2D eigenvalue weighted by atomic mass is 19.1. The van der Waals surface area contributed by atoms with E-state index in [-0.39, 0.29) is 24.4 Å². The van der Waals surface area contributed by atoms with E-state index in [0.717, 1.165) is 0 Å². The number of nitrogens with one attached hydrogen (secondary N) is 3. The number of anilines is 1. The lowest BCUT2D eigenvalue weighted by Crippen LogP contribution is -2.41. The van der Waals surface area contributed by atoms with E-state index in [9.17, 15) is 18.8 Å². The van der Waals surface area contributed by atoms with Crippen molar-refractivity contribution in [1.29, 1.82) is 0 Å². The number of hydrogen-bond acceptors (Lipinski definition) is 5. The zero-order valence-corrected chi connectivity index (χ0v) is 16.6. The molecule has 30 heavy (non-hydrogen) atoms. The Morgan fingerprint density at radius 1 is 1.07 bits per heavy atom. The third-order valence-corrected chi connectivity index (χ3v) is 3.95. The maximum atomic E-state index is 12.9. The van der Waals surface area contributed by atoms with Crippen molar-refractivity contribution in [1.82, 2.24) is 10.7 Å². The van der Waals surface area contributed by atoms with E-state index in [1.54, 1.807) is 31.2 Å². The predicted octanol–water partition coefficient (Wildman–Crippen LogP) is 2.21. The average molecular weight is 414 g/mol. The summed E-state index contributed by atoms with van der Waals surface area (Å²) in [7, 11) is 0. The molecule has 0 saturated carbocycles. The molecule has 158 valence electrons. The van der Waals surface area contributed by atoms with Gasteiger partial charge in [-0.3, -0.25) is 14.4 Å². The zero-order chi connectivity index (χ0) is 21.9. The molecule has 1 atom stereocenters. The molecule has 0 heterocycles. The molecule has 2 aromatic rings. The third-order valence-electron chi connectivity index (χ3n) is 3.95. The molecule has 0 aliphatic carbocycles. The van der Waals surface area contributed by atoms with Crippen LogP contribution in [-0.4, -0.2) is 36.6 Å². The third kappa shape index (κ3) is 7.70. The molecule has 9 heteroatoms. The van der Waals surface area contributed by atoms with Crippen LogP contribution in [0.5, 0.6) is 5.75 Å². The molecule has 8 nitrogen and oxygen atoms in total. The number of hydrazone groups is 1. The van der Waals surface area contributed by atoms with Gasteiger partial charge in [0.25, 0.3) is 5.91 Å². The molecule has 0 aliphatic heterocycles. The quantitative estimate of drug-likeness (QED) is 0.350. The predicted molar refractivity (Wildman–Crippen MR) is 111 cm³/mol. The Morgan fingerprint density at radius 2 is 1.73 bits per heavy atom. The number of carbonyl (C=O) groups is 3. The Labute approximate surface area is 173 Å². The summed E-state index contributed by atoms with van der Waals surface area (Å²) in [5.74, 6) is -1.91. The normalized spacial score (nSPS) is 11.6. The maximum absolute atomic E-state index is 12.9. The fraction of sp³-hybridized carbons (Fsp3) is 0.238.